The summed E-state index contributed by atoms with van der Waals surface area (Å²) in [6.07, 6.45) is 0. The molecule has 102 valence electrons. The number of imide groups is 2. The van der Waals surface area contributed by atoms with Crippen molar-refractivity contribution in [2.45, 2.75) is 12.1 Å². The van der Waals surface area contributed by atoms with Crippen molar-refractivity contribution in [2.75, 3.05) is 0 Å². The number of urea groups is 2. The van der Waals surface area contributed by atoms with E-state index in [-0.39, 0.29) is 0 Å². The smallest absolute Gasteiger partial charge is 0.322 e. The van der Waals surface area contributed by atoms with Gasteiger partial charge in [-0.2, -0.15) is 0 Å². The van der Waals surface area contributed by atoms with Crippen LogP contribution in [-0.4, -0.2) is 23.9 Å². The second kappa shape index (κ2) is 4.34. The van der Waals surface area contributed by atoms with Crippen LogP contribution < -0.4 is 21.3 Å². The summed E-state index contributed by atoms with van der Waals surface area (Å²) in [4.78, 5) is 45.1. The molecule has 0 bridgehead atoms. The summed E-state index contributed by atoms with van der Waals surface area (Å²) in [6.45, 7) is 0. The number of carbonyl (C=O) groups excluding carboxylic acids is 4. The van der Waals surface area contributed by atoms with Gasteiger partial charge in [0.2, 0.25) is 0 Å². The molecule has 0 aliphatic carbocycles. The summed E-state index contributed by atoms with van der Waals surface area (Å²) in [5.74, 6) is -0.843. The van der Waals surface area contributed by atoms with Gasteiger partial charge in [0.05, 0.1) is 0 Å². The standard InChI is InChI=1S/C12H10N4O4/c17-9-7(13-11(19)15-9)5-1-2-6(4-3-5)8-10(18)16-12(20)14-8/h1-4,7-8H,(H2,13,15,17,19)(H2,14,16,18,20). The van der Waals surface area contributed by atoms with Gasteiger partial charge in [-0.25, -0.2) is 9.59 Å². The van der Waals surface area contributed by atoms with Gasteiger partial charge in [-0.15, -0.1) is 0 Å². The van der Waals surface area contributed by atoms with Crippen molar-refractivity contribution in [1.29, 1.82) is 0 Å². The van der Waals surface area contributed by atoms with Crippen molar-refractivity contribution in [1.82, 2.24) is 21.3 Å². The Hall–Kier alpha value is -2.90. The fraction of sp³-hybridized carbons (Fsp3) is 0.167. The molecule has 0 spiro atoms. The van der Waals surface area contributed by atoms with E-state index < -0.39 is 36.0 Å². The Balaban J connectivity index is 1.81. The van der Waals surface area contributed by atoms with Crippen molar-refractivity contribution in [3.63, 3.8) is 0 Å². The van der Waals surface area contributed by atoms with E-state index in [9.17, 15) is 19.2 Å². The SMILES string of the molecule is O=C1NC(=O)C(c2ccc(C3NC(=O)NC3=O)cc2)N1. The van der Waals surface area contributed by atoms with Gasteiger partial charge < -0.3 is 10.6 Å². The number of benzene rings is 1. The minimum absolute atomic E-state index is 0.422. The maximum Gasteiger partial charge on any atom is 0.322 e. The molecular weight excluding hydrogens is 264 g/mol. The molecule has 4 N–H and O–H groups in total. The predicted molar refractivity (Wildman–Crippen MR) is 65.3 cm³/mol. The molecule has 8 heteroatoms. The third-order valence-corrected chi connectivity index (χ3v) is 3.15. The minimum Gasteiger partial charge on any atom is -0.322 e. The molecule has 20 heavy (non-hydrogen) atoms. The van der Waals surface area contributed by atoms with Crippen LogP contribution in [0.25, 0.3) is 0 Å². The van der Waals surface area contributed by atoms with Gasteiger partial charge in [0.15, 0.2) is 0 Å². The van der Waals surface area contributed by atoms with Crippen LogP contribution in [0.4, 0.5) is 9.59 Å². The van der Waals surface area contributed by atoms with Crippen LogP contribution >= 0.6 is 0 Å². The predicted octanol–water partition coefficient (Wildman–Crippen LogP) is -0.552. The molecule has 2 aliphatic heterocycles. The minimum atomic E-state index is -0.733. The topological polar surface area (TPSA) is 116 Å². The Morgan fingerprint density at radius 3 is 1.25 bits per heavy atom. The first-order valence-corrected chi connectivity index (χ1v) is 5.87. The van der Waals surface area contributed by atoms with Crippen molar-refractivity contribution in [3.05, 3.63) is 35.4 Å². The maximum atomic E-state index is 11.5. The summed E-state index contributed by atoms with van der Waals surface area (Å²) in [5, 5.41) is 9.23. The van der Waals surface area contributed by atoms with Crippen LogP contribution in [0, 0.1) is 0 Å². The molecule has 3 rings (SSSR count). The monoisotopic (exact) mass is 274 g/mol. The summed E-state index contributed by atoms with van der Waals surface area (Å²) in [6, 6.07) is 3.97. The molecule has 2 unspecified atom stereocenters. The quantitative estimate of drug-likeness (QED) is 0.541. The van der Waals surface area contributed by atoms with E-state index in [4.69, 9.17) is 0 Å². The van der Waals surface area contributed by atoms with Crippen molar-refractivity contribution >= 4 is 23.9 Å². The molecule has 2 heterocycles. The Labute approximate surface area is 112 Å². The molecule has 2 aliphatic rings. The third kappa shape index (κ3) is 1.96. The van der Waals surface area contributed by atoms with Crippen LogP contribution in [-0.2, 0) is 9.59 Å². The Morgan fingerprint density at radius 1 is 0.650 bits per heavy atom. The average molecular weight is 274 g/mol. The lowest BCUT2D eigenvalue weighted by Crippen LogP contribution is -2.22. The number of hydrogen-bond acceptors (Lipinski definition) is 4. The maximum absolute atomic E-state index is 11.5. The third-order valence-electron chi connectivity index (χ3n) is 3.15. The number of carbonyl (C=O) groups is 4. The molecule has 1 aromatic carbocycles. The van der Waals surface area contributed by atoms with Gasteiger partial charge in [0.25, 0.3) is 11.8 Å². The molecule has 0 aromatic heterocycles. The summed E-state index contributed by atoms with van der Waals surface area (Å²) < 4.78 is 0. The number of amides is 6. The fourth-order valence-corrected chi connectivity index (χ4v) is 2.18. The highest BCUT2D eigenvalue weighted by Crippen LogP contribution is 2.21. The first kappa shape index (κ1) is 12.2. The first-order chi connectivity index (χ1) is 9.54. The lowest BCUT2D eigenvalue weighted by Gasteiger charge is -2.11. The average Bonchev–Trinajstić information content (AvgIpc) is 2.92. The fourth-order valence-electron chi connectivity index (χ4n) is 2.18. The van der Waals surface area contributed by atoms with Crippen LogP contribution in [0.5, 0.6) is 0 Å². The van der Waals surface area contributed by atoms with Crippen LogP contribution in [0.2, 0.25) is 0 Å². The van der Waals surface area contributed by atoms with E-state index in [1.54, 1.807) is 24.3 Å². The molecule has 6 amide bonds. The lowest BCUT2D eigenvalue weighted by atomic mass is 10.0. The van der Waals surface area contributed by atoms with Gasteiger partial charge in [-0.3, -0.25) is 20.2 Å². The summed E-state index contributed by atoms with van der Waals surface area (Å²) in [5.41, 5.74) is 1.20. The lowest BCUT2D eigenvalue weighted by molar-refractivity contribution is -0.121. The number of nitrogens with one attached hydrogen (secondary N) is 4. The Morgan fingerprint density at radius 2 is 1.00 bits per heavy atom. The number of hydrogen-bond donors (Lipinski definition) is 4. The molecule has 2 fully saturated rings. The highest BCUT2D eigenvalue weighted by atomic mass is 16.2. The zero-order valence-corrected chi connectivity index (χ0v) is 10.1. The van der Waals surface area contributed by atoms with Gasteiger partial charge in [0, 0.05) is 0 Å². The van der Waals surface area contributed by atoms with E-state index in [0.29, 0.717) is 11.1 Å². The van der Waals surface area contributed by atoms with Gasteiger partial charge >= 0.3 is 12.1 Å². The van der Waals surface area contributed by atoms with E-state index in [0.717, 1.165) is 0 Å². The first-order valence-electron chi connectivity index (χ1n) is 5.87. The zero-order valence-electron chi connectivity index (χ0n) is 10.1. The van der Waals surface area contributed by atoms with E-state index in [2.05, 4.69) is 21.3 Å². The normalized spacial score (nSPS) is 25.0. The second-order valence-electron chi connectivity index (χ2n) is 4.46. The van der Waals surface area contributed by atoms with E-state index in [1.807, 2.05) is 0 Å². The largest absolute Gasteiger partial charge is 0.322 e. The summed E-state index contributed by atoms with van der Waals surface area (Å²) in [7, 11) is 0. The zero-order chi connectivity index (χ0) is 14.3. The van der Waals surface area contributed by atoms with Gasteiger partial charge in [-0.05, 0) is 11.1 Å². The van der Waals surface area contributed by atoms with Gasteiger partial charge in [-0.1, -0.05) is 24.3 Å². The molecule has 1 aromatic rings. The highest BCUT2D eigenvalue weighted by Gasteiger charge is 2.33. The number of rotatable bonds is 2. The molecule has 2 saturated heterocycles. The van der Waals surface area contributed by atoms with Crippen LogP contribution in [0.1, 0.15) is 23.2 Å². The Kier molecular flexibility index (Phi) is 2.63. The van der Waals surface area contributed by atoms with Crippen molar-refractivity contribution in [2.24, 2.45) is 0 Å². The molecule has 8 nitrogen and oxygen atoms in total. The summed E-state index contributed by atoms with van der Waals surface area (Å²) >= 11 is 0. The second-order valence-corrected chi connectivity index (χ2v) is 4.46. The van der Waals surface area contributed by atoms with Gasteiger partial charge in [0.1, 0.15) is 12.1 Å². The Bertz CT molecular complexity index is 570. The molecular formula is C12H10N4O4. The molecule has 2 atom stereocenters. The van der Waals surface area contributed by atoms with E-state index in [1.165, 1.54) is 0 Å². The van der Waals surface area contributed by atoms with Crippen molar-refractivity contribution < 1.29 is 19.2 Å². The molecule has 0 radical (unpaired) electrons. The van der Waals surface area contributed by atoms with Crippen LogP contribution in [0.3, 0.4) is 0 Å². The van der Waals surface area contributed by atoms with E-state index >= 15 is 0 Å². The van der Waals surface area contributed by atoms with Crippen LogP contribution in [0.15, 0.2) is 24.3 Å². The highest BCUT2D eigenvalue weighted by molar-refractivity contribution is 6.05. The van der Waals surface area contributed by atoms with Crippen molar-refractivity contribution in [3.8, 4) is 0 Å². The molecule has 0 saturated carbocycles.